The number of ether oxygens (including phenoxy) is 3. The Bertz CT molecular complexity index is 514. The molecule has 0 spiro atoms. The van der Waals surface area contributed by atoms with E-state index < -0.39 is 5.60 Å². The van der Waals surface area contributed by atoms with Gasteiger partial charge >= 0.3 is 0 Å². The second-order valence-electron chi connectivity index (χ2n) is 7.44. The molecule has 0 radical (unpaired) electrons. The van der Waals surface area contributed by atoms with Crippen LogP contribution in [0.2, 0.25) is 0 Å². The fourth-order valence-electron chi connectivity index (χ4n) is 3.19. The number of aliphatic hydroxyl groups is 1. The first-order chi connectivity index (χ1) is 12.3. The summed E-state index contributed by atoms with van der Waals surface area (Å²) >= 11 is 1.92. The van der Waals surface area contributed by atoms with E-state index in [1.807, 2.05) is 37.7 Å². The van der Waals surface area contributed by atoms with E-state index in [1.165, 1.54) is 0 Å². The molecule has 1 aromatic carbocycles. The van der Waals surface area contributed by atoms with Crippen LogP contribution in [0.5, 0.6) is 17.2 Å². The lowest BCUT2D eigenvalue weighted by molar-refractivity contribution is 0.0669. The number of thioether (sulfide) groups is 1. The highest BCUT2D eigenvalue weighted by Gasteiger charge is 2.24. The summed E-state index contributed by atoms with van der Waals surface area (Å²) in [5, 5.41) is 10.2. The Balaban J connectivity index is 2.98. The van der Waals surface area contributed by atoms with E-state index in [4.69, 9.17) is 14.2 Å². The average Bonchev–Trinajstić information content (AvgIpc) is 2.58. The molecule has 0 aromatic heterocycles. The summed E-state index contributed by atoms with van der Waals surface area (Å²) in [6.07, 6.45) is 4.01. The molecule has 0 amide bonds. The van der Waals surface area contributed by atoms with Crippen LogP contribution in [0.25, 0.3) is 0 Å². The zero-order valence-electron chi connectivity index (χ0n) is 17.4. The molecular weight excluding hydrogens is 348 g/mol. The van der Waals surface area contributed by atoms with Gasteiger partial charge in [-0.05, 0) is 38.4 Å². The van der Waals surface area contributed by atoms with Crippen molar-refractivity contribution in [2.24, 2.45) is 5.92 Å². The maximum Gasteiger partial charge on any atom is 0.130 e. The molecule has 0 aliphatic carbocycles. The maximum absolute atomic E-state index is 9.91. The Morgan fingerprint density at radius 2 is 1.65 bits per heavy atom. The van der Waals surface area contributed by atoms with Crippen LogP contribution in [0.4, 0.5) is 0 Å². The molecule has 0 saturated heterocycles. The lowest BCUT2D eigenvalue weighted by atomic mass is 9.92. The van der Waals surface area contributed by atoms with Crippen molar-refractivity contribution >= 4 is 11.8 Å². The van der Waals surface area contributed by atoms with Gasteiger partial charge in [0.1, 0.15) is 17.2 Å². The van der Waals surface area contributed by atoms with Gasteiger partial charge in [-0.1, -0.05) is 26.7 Å². The van der Waals surface area contributed by atoms with Crippen molar-refractivity contribution in [3.05, 3.63) is 17.7 Å². The molecule has 5 heteroatoms. The van der Waals surface area contributed by atoms with E-state index in [0.717, 1.165) is 54.2 Å². The van der Waals surface area contributed by atoms with Crippen LogP contribution in [0.15, 0.2) is 12.1 Å². The Kier molecular flexibility index (Phi) is 9.66. The van der Waals surface area contributed by atoms with Gasteiger partial charge < -0.3 is 19.3 Å². The minimum atomic E-state index is -0.584. The fraction of sp³-hybridized carbons (Fsp3) is 0.714. The molecule has 0 saturated carbocycles. The van der Waals surface area contributed by atoms with Crippen LogP contribution in [0.3, 0.4) is 0 Å². The molecule has 150 valence electrons. The van der Waals surface area contributed by atoms with Gasteiger partial charge in [0, 0.05) is 22.9 Å². The predicted molar refractivity (Wildman–Crippen MR) is 111 cm³/mol. The summed E-state index contributed by atoms with van der Waals surface area (Å²) < 4.78 is 16.7. The molecule has 1 N–H and O–H groups in total. The van der Waals surface area contributed by atoms with Crippen molar-refractivity contribution in [2.45, 2.75) is 64.2 Å². The highest BCUT2D eigenvalue weighted by Crippen LogP contribution is 2.46. The quantitative estimate of drug-likeness (QED) is 0.517. The van der Waals surface area contributed by atoms with Gasteiger partial charge in [0.15, 0.2) is 0 Å². The van der Waals surface area contributed by atoms with Gasteiger partial charge in [0.05, 0.1) is 26.9 Å². The lowest BCUT2D eigenvalue weighted by Crippen LogP contribution is -2.18. The lowest BCUT2D eigenvalue weighted by Gasteiger charge is -2.25. The van der Waals surface area contributed by atoms with Crippen molar-refractivity contribution in [2.75, 3.05) is 27.1 Å². The van der Waals surface area contributed by atoms with Crippen LogP contribution in [0.1, 0.15) is 64.2 Å². The van der Waals surface area contributed by atoms with E-state index in [1.54, 1.807) is 21.3 Å². The molecule has 0 fully saturated rings. The molecule has 1 rings (SSSR count). The summed E-state index contributed by atoms with van der Waals surface area (Å²) in [6, 6.07) is 3.86. The molecule has 0 heterocycles. The Morgan fingerprint density at radius 1 is 1.08 bits per heavy atom. The first-order valence-electron chi connectivity index (χ1n) is 9.39. The Morgan fingerprint density at radius 3 is 2.08 bits per heavy atom. The zero-order valence-corrected chi connectivity index (χ0v) is 18.2. The monoisotopic (exact) mass is 384 g/mol. The smallest absolute Gasteiger partial charge is 0.130 e. The molecule has 2 atom stereocenters. The molecule has 0 aliphatic rings. The third kappa shape index (κ3) is 7.28. The second-order valence-corrected chi connectivity index (χ2v) is 8.91. The number of rotatable bonds is 12. The van der Waals surface area contributed by atoms with Crippen LogP contribution in [0, 0.1) is 5.92 Å². The van der Waals surface area contributed by atoms with Crippen molar-refractivity contribution in [1.82, 2.24) is 0 Å². The highest BCUT2D eigenvalue weighted by atomic mass is 32.2. The molecule has 26 heavy (non-hydrogen) atoms. The molecule has 0 bridgehead atoms. The van der Waals surface area contributed by atoms with Gasteiger partial charge in [-0.2, -0.15) is 11.8 Å². The van der Waals surface area contributed by atoms with Crippen LogP contribution in [-0.4, -0.2) is 37.8 Å². The van der Waals surface area contributed by atoms with Crippen molar-refractivity contribution in [3.63, 3.8) is 0 Å². The number of methoxy groups -OCH3 is 3. The van der Waals surface area contributed by atoms with Gasteiger partial charge in [0.2, 0.25) is 0 Å². The highest BCUT2D eigenvalue weighted by molar-refractivity contribution is 7.99. The first kappa shape index (κ1) is 23.0. The van der Waals surface area contributed by atoms with E-state index in [9.17, 15) is 5.11 Å². The zero-order chi connectivity index (χ0) is 19.7. The van der Waals surface area contributed by atoms with Gasteiger partial charge in [-0.25, -0.2) is 0 Å². The molecule has 0 aliphatic heterocycles. The largest absolute Gasteiger partial charge is 0.496 e. The van der Waals surface area contributed by atoms with Crippen molar-refractivity contribution in [3.8, 4) is 17.2 Å². The van der Waals surface area contributed by atoms with E-state index in [0.29, 0.717) is 11.2 Å². The molecule has 4 nitrogen and oxygen atoms in total. The summed E-state index contributed by atoms with van der Waals surface area (Å²) in [4.78, 5) is 0. The second kappa shape index (κ2) is 10.9. The van der Waals surface area contributed by atoms with Crippen molar-refractivity contribution in [1.29, 1.82) is 0 Å². The number of benzene rings is 1. The number of hydrogen-bond donors (Lipinski definition) is 1. The molecular formula is C21H36O4S. The van der Waals surface area contributed by atoms with Gasteiger partial charge in [0.25, 0.3) is 0 Å². The van der Waals surface area contributed by atoms with Crippen molar-refractivity contribution < 1.29 is 19.3 Å². The van der Waals surface area contributed by atoms with E-state index >= 15 is 0 Å². The normalized spacial score (nSPS) is 14.0. The van der Waals surface area contributed by atoms with Gasteiger partial charge in [-0.3, -0.25) is 0 Å². The summed E-state index contributed by atoms with van der Waals surface area (Å²) in [5.41, 5.74) is 0.525. The Labute approximate surface area is 163 Å². The topological polar surface area (TPSA) is 47.9 Å². The molecule has 2 unspecified atom stereocenters. The van der Waals surface area contributed by atoms with E-state index in [2.05, 4.69) is 13.8 Å². The summed E-state index contributed by atoms with van der Waals surface area (Å²) in [7, 11) is 5.03. The van der Waals surface area contributed by atoms with Crippen LogP contribution >= 0.6 is 11.8 Å². The predicted octanol–water partition coefficient (Wildman–Crippen LogP) is 5.47. The van der Waals surface area contributed by atoms with Crippen LogP contribution in [-0.2, 0) is 0 Å². The van der Waals surface area contributed by atoms with E-state index in [-0.39, 0.29) is 0 Å². The minimum absolute atomic E-state index is 0.299. The SMILES string of the molecule is CCSC(CC(C)CCCC(C)(C)O)c1c(OC)cc(OC)cc1OC. The standard InChI is InChI=1S/C21H36O4S/c1-8-26-19(12-15(2)10-9-11-21(3,4)22)20-17(24-6)13-16(23-5)14-18(20)25-7/h13-15,19,22H,8-12H2,1-7H3. The third-order valence-corrected chi connectivity index (χ3v) is 5.71. The fourth-order valence-corrected chi connectivity index (χ4v) is 4.45. The number of hydrogen-bond acceptors (Lipinski definition) is 5. The first-order valence-corrected chi connectivity index (χ1v) is 10.4. The summed E-state index contributed by atoms with van der Waals surface area (Å²) in [5.74, 6) is 3.95. The summed E-state index contributed by atoms with van der Waals surface area (Å²) in [6.45, 7) is 8.22. The van der Waals surface area contributed by atoms with Gasteiger partial charge in [-0.15, -0.1) is 0 Å². The minimum Gasteiger partial charge on any atom is -0.496 e. The third-order valence-electron chi connectivity index (χ3n) is 4.54. The molecule has 1 aromatic rings. The van der Waals surface area contributed by atoms with Crippen LogP contribution < -0.4 is 14.2 Å². The average molecular weight is 385 g/mol. The maximum atomic E-state index is 9.91. The Hall–Kier alpha value is -1.07.